The van der Waals surface area contributed by atoms with E-state index in [-0.39, 0.29) is 0 Å². The first-order chi connectivity index (χ1) is 8.30. The minimum Gasteiger partial charge on any atom is -0.377 e. The molecule has 17 heavy (non-hydrogen) atoms. The van der Waals surface area contributed by atoms with Crippen LogP contribution in [0.4, 0.5) is 0 Å². The molecule has 2 unspecified atom stereocenters. The van der Waals surface area contributed by atoms with Crippen LogP contribution in [-0.2, 0) is 4.74 Å². The van der Waals surface area contributed by atoms with Crippen LogP contribution in [0.3, 0.4) is 0 Å². The number of halogens is 1. The average molecular weight is 306 g/mol. The van der Waals surface area contributed by atoms with E-state index in [9.17, 15) is 0 Å². The van der Waals surface area contributed by atoms with Crippen LogP contribution in [0.15, 0.2) is 0 Å². The summed E-state index contributed by atoms with van der Waals surface area (Å²) in [7, 11) is 0. The number of likely N-dealkylation sites (tertiary alicyclic amines) is 1. The predicted octanol–water partition coefficient (Wildman–Crippen LogP) is 3.69. The third-order valence-electron chi connectivity index (χ3n) is 3.45. The van der Waals surface area contributed by atoms with Gasteiger partial charge in [-0.15, -0.1) is 0 Å². The van der Waals surface area contributed by atoms with Crippen molar-refractivity contribution < 1.29 is 4.74 Å². The second kappa shape index (κ2) is 9.35. The molecule has 0 amide bonds. The monoisotopic (exact) mass is 305 g/mol. The Morgan fingerprint density at radius 1 is 1.35 bits per heavy atom. The molecule has 0 spiro atoms. The molecule has 1 heterocycles. The Hall–Kier alpha value is 0.400. The van der Waals surface area contributed by atoms with E-state index in [0.29, 0.717) is 6.10 Å². The zero-order valence-corrected chi connectivity index (χ0v) is 13.0. The highest BCUT2D eigenvalue weighted by atomic mass is 79.9. The first-order valence-electron chi connectivity index (χ1n) is 7.20. The summed E-state index contributed by atoms with van der Waals surface area (Å²) in [4.78, 5) is 2.60. The Bertz CT molecular complexity index is 189. The average Bonchev–Trinajstić information content (AvgIpc) is 2.36. The van der Waals surface area contributed by atoms with Gasteiger partial charge in [-0.25, -0.2) is 0 Å². The number of alkyl halides is 1. The van der Waals surface area contributed by atoms with Crippen LogP contribution in [0.1, 0.15) is 46.0 Å². The van der Waals surface area contributed by atoms with Gasteiger partial charge in [0.25, 0.3) is 0 Å². The normalized spacial score (nSPS) is 23.8. The molecule has 0 aromatic heterocycles. The summed E-state index contributed by atoms with van der Waals surface area (Å²) < 4.78 is 5.88. The van der Waals surface area contributed by atoms with Crippen LogP contribution in [0, 0.1) is 5.92 Å². The van der Waals surface area contributed by atoms with E-state index < -0.39 is 0 Å². The van der Waals surface area contributed by atoms with Gasteiger partial charge in [-0.1, -0.05) is 36.2 Å². The third kappa shape index (κ3) is 6.21. The number of hydrogen-bond acceptors (Lipinski definition) is 2. The van der Waals surface area contributed by atoms with Crippen LogP contribution < -0.4 is 0 Å². The molecule has 0 bridgehead atoms. The van der Waals surface area contributed by atoms with E-state index in [4.69, 9.17) is 4.74 Å². The Balaban J connectivity index is 2.27. The van der Waals surface area contributed by atoms with Crippen molar-refractivity contribution in [2.45, 2.75) is 52.1 Å². The lowest BCUT2D eigenvalue weighted by Gasteiger charge is -2.34. The lowest BCUT2D eigenvalue weighted by atomic mass is 10.0. The number of hydrogen-bond donors (Lipinski definition) is 0. The van der Waals surface area contributed by atoms with Crippen molar-refractivity contribution >= 4 is 15.9 Å². The molecule has 0 N–H and O–H groups in total. The molecule has 1 aliphatic heterocycles. The highest BCUT2D eigenvalue weighted by molar-refractivity contribution is 9.09. The second-order valence-electron chi connectivity index (χ2n) is 5.20. The largest absolute Gasteiger partial charge is 0.377 e. The van der Waals surface area contributed by atoms with Gasteiger partial charge < -0.3 is 9.64 Å². The van der Waals surface area contributed by atoms with Gasteiger partial charge in [0.1, 0.15) is 0 Å². The summed E-state index contributed by atoms with van der Waals surface area (Å²) in [5, 5.41) is 1.14. The fourth-order valence-corrected chi connectivity index (χ4v) is 3.12. The zero-order valence-electron chi connectivity index (χ0n) is 11.5. The molecule has 1 aliphatic rings. The first kappa shape index (κ1) is 15.5. The van der Waals surface area contributed by atoms with E-state index >= 15 is 0 Å². The number of ether oxygens (including phenoxy) is 1. The number of rotatable bonds is 8. The highest BCUT2D eigenvalue weighted by Gasteiger charge is 2.22. The van der Waals surface area contributed by atoms with E-state index in [1.54, 1.807) is 0 Å². The van der Waals surface area contributed by atoms with Gasteiger partial charge in [0.2, 0.25) is 0 Å². The zero-order chi connectivity index (χ0) is 12.5. The maximum Gasteiger partial charge on any atom is 0.0702 e. The Labute approximate surface area is 115 Å². The van der Waals surface area contributed by atoms with Crippen LogP contribution in [0.5, 0.6) is 0 Å². The van der Waals surface area contributed by atoms with Crippen LogP contribution in [-0.4, -0.2) is 42.6 Å². The molecule has 1 saturated heterocycles. The summed E-state index contributed by atoms with van der Waals surface area (Å²) in [5.41, 5.74) is 0. The first-order valence-corrected chi connectivity index (χ1v) is 8.32. The summed E-state index contributed by atoms with van der Waals surface area (Å²) in [5.74, 6) is 0.810. The van der Waals surface area contributed by atoms with E-state index in [0.717, 1.165) is 30.8 Å². The smallest absolute Gasteiger partial charge is 0.0702 e. The van der Waals surface area contributed by atoms with Crippen molar-refractivity contribution in [3.05, 3.63) is 0 Å². The maximum absolute atomic E-state index is 5.88. The van der Waals surface area contributed by atoms with Gasteiger partial charge in [0.05, 0.1) is 6.10 Å². The van der Waals surface area contributed by atoms with Crippen LogP contribution >= 0.6 is 15.9 Å². The van der Waals surface area contributed by atoms with Gasteiger partial charge in [0, 0.05) is 25.0 Å². The number of nitrogens with zero attached hydrogens (tertiary/aromatic N) is 1. The SMILES string of the molecule is CCCOC1CCCN(CC(CBr)CCC)C1. The van der Waals surface area contributed by atoms with Gasteiger partial charge in [-0.2, -0.15) is 0 Å². The highest BCUT2D eigenvalue weighted by Crippen LogP contribution is 2.18. The fraction of sp³-hybridized carbons (Fsp3) is 1.00. The van der Waals surface area contributed by atoms with Gasteiger partial charge in [-0.05, 0) is 38.1 Å². The summed E-state index contributed by atoms with van der Waals surface area (Å²) in [6.07, 6.45) is 6.80. The minimum atomic E-state index is 0.487. The summed E-state index contributed by atoms with van der Waals surface area (Å²) in [6.45, 7) is 9.04. The molecule has 2 nitrogen and oxygen atoms in total. The van der Waals surface area contributed by atoms with E-state index in [1.165, 1.54) is 38.8 Å². The van der Waals surface area contributed by atoms with Gasteiger partial charge >= 0.3 is 0 Å². The van der Waals surface area contributed by atoms with Crippen molar-refractivity contribution in [2.75, 3.05) is 31.6 Å². The van der Waals surface area contributed by atoms with E-state index in [1.807, 2.05) is 0 Å². The molecule has 0 aromatic rings. The predicted molar refractivity (Wildman–Crippen MR) is 77.9 cm³/mol. The third-order valence-corrected chi connectivity index (χ3v) is 4.37. The Kier molecular flexibility index (Phi) is 8.50. The number of piperidine rings is 1. The molecule has 1 rings (SSSR count). The van der Waals surface area contributed by atoms with Crippen molar-refractivity contribution in [1.82, 2.24) is 4.90 Å². The van der Waals surface area contributed by atoms with Crippen molar-refractivity contribution in [2.24, 2.45) is 5.92 Å². The van der Waals surface area contributed by atoms with Crippen molar-refractivity contribution in [1.29, 1.82) is 0 Å². The molecule has 3 heteroatoms. The molecule has 1 fully saturated rings. The second-order valence-corrected chi connectivity index (χ2v) is 5.85. The fourth-order valence-electron chi connectivity index (χ4n) is 2.59. The van der Waals surface area contributed by atoms with Gasteiger partial charge in [-0.3, -0.25) is 0 Å². The lowest BCUT2D eigenvalue weighted by Crippen LogP contribution is -2.42. The Morgan fingerprint density at radius 3 is 2.82 bits per heavy atom. The van der Waals surface area contributed by atoms with Crippen molar-refractivity contribution in [3.8, 4) is 0 Å². The topological polar surface area (TPSA) is 12.5 Å². The Morgan fingerprint density at radius 2 is 2.18 bits per heavy atom. The molecular formula is C14H28BrNO. The molecule has 0 radical (unpaired) electrons. The van der Waals surface area contributed by atoms with Crippen LogP contribution in [0.25, 0.3) is 0 Å². The molecule has 0 saturated carbocycles. The summed E-state index contributed by atoms with van der Waals surface area (Å²) in [6, 6.07) is 0. The van der Waals surface area contributed by atoms with Crippen LogP contribution in [0.2, 0.25) is 0 Å². The molecular weight excluding hydrogens is 278 g/mol. The standard InChI is InChI=1S/C14H28BrNO/c1-3-6-13(10-15)11-16-8-5-7-14(12-16)17-9-4-2/h13-14H,3-12H2,1-2H3. The molecule has 0 aromatic carbocycles. The van der Waals surface area contributed by atoms with Crippen molar-refractivity contribution in [3.63, 3.8) is 0 Å². The summed E-state index contributed by atoms with van der Waals surface area (Å²) >= 11 is 3.64. The molecule has 102 valence electrons. The quantitative estimate of drug-likeness (QED) is 0.634. The van der Waals surface area contributed by atoms with Gasteiger partial charge in [0.15, 0.2) is 0 Å². The lowest BCUT2D eigenvalue weighted by molar-refractivity contribution is -0.00333. The minimum absolute atomic E-state index is 0.487. The maximum atomic E-state index is 5.88. The molecule has 0 aliphatic carbocycles. The van der Waals surface area contributed by atoms with E-state index in [2.05, 4.69) is 34.7 Å². The molecule has 2 atom stereocenters.